The van der Waals surface area contributed by atoms with E-state index in [1.54, 1.807) is 23.7 Å². The molecule has 1 N–H and O–H groups in total. The molecule has 0 radical (unpaired) electrons. The largest absolute Gasteiger partial charge is 0.311 e. The first-order valence-electron chi connectivity index (χ1n) is 5.35. The van der Waals surface area contributed by atoms with Crippen LogP contribution in [0.15, 0.2) is 18.2 Å². The molecule has 17 heavy (non-hydrogen) atoms. The normalized spacial score (nSPS) is 12.7. The van der Waals surface area contributed by atoms with E-state index in [1.165, 1.54) is 6.07 Å². The van der Waals surface area contributed by atoms with Gasteiger partial charge >= 0.3 is 0 Å². The van der Waals surface area contributed by atoms with Crippen LogP contribution in [0.25, 0.3) is 5.69 Å². The fourth-order valence-electron chi connectivity index (χ4n) is 1.54. The van der Waals surface area contributed by atoms with Crippen LogP contribution in [0, 0.1) is 12.7 Å². The Labute approximate surface area is 98.6 Å². The summed E-state index contributed by atoms with van der Waals surface area (Å²) in [5.41, 5.74) is 1.33. The molecule has 0 bridgehead atoms. The fourth-order valence-corrected chi connectivity index (χ4v) is 1.54. The van der Waals surface area contributed by atoms with Gasteiger partial charge in [-0.2, -0.15) is 4.68 Å². The number of aryl methyl sites for hydroxylation is 1. The lowest BCUT2D eigenvalue weighted by Crippen LogP contribution is -2.17. The van der Waals surface area contributed by atoms with Crippen LogP contribution in [0.5, 0.6) is 0 Å². The van der Waals surface area contributed by atoms with Crippen LogP contribution in [0.3, 0.4) is 0 Å². The van der Waals surface area contributed by atoms with E-state index in [1.807, 2.05) is 14.0 Å². The molecule has 1 heterocycles. The number of hydrogen-bond donors (Lipinski definition) is 1. The lowest BCUT2D eigenvalue weighted by molar-refractivity contribution is 0.586. The Balaban J connectivity index is 2.46. The number of aromatic nitrogens is 4. The number of nitrogens with zero attached hydrogens (tertiary/aromatic N) is 4. The van der Waals surface area contributed by atoms with E-state index in [4.69, 9.17) is 0 Å². The zero-order chi connectivity index (χ0) is 12.4. The van der Waals surface area contributed by atoms with Gasteiger partial charge in [-0.1, -0.05) is 0 Å². The fraction of sp³-hybridized carbons (Fsp3) is 0.364. The Morgan fingerprint density at radius 1 is 1.41 bits per heavy atom. The summed E-state index contributed by atoms with van der Waals surface area (Å²) in [6.45, 7) is 3.67. The summed E-state index contributed by atoms with van der Waals surface area (Å²) in [6, 6.07) is 4.82. The number of rotatable bonds is 3. The summed E-state index contributed by atoms with van der Waals surface area (Å²) in [6.07, 6.45) is 0. The highest BCUT2D eigenvalue weighted by atomic mass is 19.1. The van der Waals surface area contributed by atoms with Gasteiger partial charge in [-0.15, -0.1) is 5.10 Å². The van der Waals surface area contributed by atoms with Crippen molar-refractivity contribution in [1.29, 1.82) is 0 Å². The molecule has 0 saturated heterocycles. The minimum atomic E-state index is -0.231. The Kier molecular flexibility index (Phi) is 3.14. The third-order valence-corrected chi connectivity index (χ3v) is 2.70. The van der Waals surface area contributed by atoms with Crippen LogP contribution in [0.4, 0.5) is 4.39 Å². The highest BCUT2D eigenvalue weighted by molar-refractivity contribution is 5.36. The van der Waals surface area contributed by atoms with Crippen LogP contribution in [0.2, 0.25) is 0 Å². The summed E-state index contributed by atoms with van der Waals surface area (Å²) in [5, 5.41) is 14.6. The molecule has 1 unspecified atom stereocenters. The molecule has 0 amide bonds. The van der Waals surface area contributed by atoms with Gasteiger partial charge < -0.3 is 5.32 Å². The maximum Gasteiger partial charge on any atom is 0.173 e. The molecule has 0 spiro atoms. The van der Waals surface area contributed by atoms with Gasteiger partial charge in [0.25, 0.3) is 0 Å². The Bertz CT molecular complexity index is 522. The number of tetrazole rings is 1. The van der Waals surface area contributed by atoms with E-state index in [9.17, 15) is 4.39 Å². The third-order valence-electron chi connectivity index (χ3n) is 2.70. The lowest BCUT2D eigenvalue weighted by Gasteiger charge is -2.10. The second-order valence-corrected chi connectivity index (χ2v) is 3.89. The maximum absolute atomic E-state index is 13.2. The minimum absolute atomic E-state index is 0.0235. The molecule has 0 aliphatic carbocycles. The average molecular weight is 235 g/mol. The second kappa shape index (κ2) is 4.58. The summed E-state index contributed by atoms with van der Waals surface area (Å²) in [7, 11) is 1.83. The van der Waals surface area contributed by atoms with E-state index in [-0.39, 0.29) is 11.9 Å². The molecule has 1 atom stereocenters. The topological polar surface area (TPSA) is 55.6 Å². The maximum atomic E-state index is 13.2. The molecular formula is C11H14FN5. The average Bonchev–Trinajstić information content (AvgIpc) is 2.80. The highest BCUT2D eigenvalue weighted by Crippen LogP contribution is 2.16. The number of hydrogen-bond acceptors (Lipinski definition) is 4. The van der Waals surface area contributed by atoms with Crippen LogP contribution in [-0.4, -0.2) is 27.3 Å². The molecule has 0 aliphatic rings. The molecule has 0 aliphatic heterocycles. The monoisotopic (exact) mass is 235 g/mol. The first-order valence-corrected chi connectivity index (χ1v) is 5.35. The van der Waals surface area contributed by atoms with Crippen molar-refractivity contribution in [1.82, 2.24) is 25.5 Å². The van der Waals surface area contributed by atoms with Gasteiger partial charge in [0, 0.05) is 0 Å². The van der Waals surface area contributed by atoms with Crippen LogP contribution >= 0.6 is 0 Å². The van der Waals surface area contributed by atoms with E-state index in [0.29, 0.717) is 11.4 Å². The third kappa shape index (κ3) is 2.16. The van der Waals surface area contributed by atoms with E-state index >= 15 is 0 Å². The predicted molar refractivity (Wildman–Crippen MR) is 61.3 cm³/mol. The van der Waals surface area contributed by atoms with Gasteiger partial charge in [-0.05, 0) is 55.1 Å². The number of benzene rings is 1. The predicted octanol–water partition coefficient (Wildman–Crippen LogP) is 1.39. The Morgan fingerprint density at radius 2 is 2.18 bits per heavy atom. The van der Waals surface area contributed by atoms with Crippen molar-refractivity contribution in [3.63, 3.8) is 0 Å². The standard InChI is InChI=1S/C11H14FN5/c1-7-6-9(4-5-10(7)12)17-11(8(2)13-3)14-15-16-17/h4-6,8,13H,1-3H3. The molecule has 1 aromatic heterocycles. The summed E-state index contributed by atoms with van der Waals surface area (Å²) < 4.78 is 14.8. The van der Waals surface area contributed by atoms with Crippen molar-refractivity contribution in [2.75, 3.05) is 7.05 Å². The number of nitrogens with one attached hydrogen (secondary N) is 1. The molecule has 0 saturated carbocycles. The quantitative estimate of drug-likeness (QED) is 0.873. The summed E-state index contributed by atoms with van der Waals surface area (Å²) >= 11 is 0. The number of halogens is 1. The molecule has 0 fully saturated rings. The molecule has 1 aromatic carbocycles. The van der Waals surface area contributed by atoms with Crippen molar-refractivity contribution >= 4 is 0 Å². The first-order chi connectivity index (χ1) is 8.13. The van der Waals surface area contributed by atoms with E-state index in [2.05, 4.69) is 20.8 Å². The van der Waals surface area contributed by atoms with Gasteiger partial charge in [0.1, 0.15) is 5.82 Å². The van der Waals surface area contributed by atoms with Gasteiger partial charge in [0.15, 0.2) is 5.82 Å². The SMILES string of the molecule is CNC(C)c1nnnn1-c1ccc(F)c(C)c1. The Morgan fingerprint density at radius 3 is 2.82 bits per heavy atom. The molecule has 5 nitrogen and oxygen atoms in total. The highest BCUT2D eigenvalue weighted by Gasteiger charge is 2.14. The van der Waals surface area contributed by atoms with E-state index < -0.39 is 0 Å². The van der Waals surface area contributed by atoms with Gasteiger partial charge in [0.2, 0.25) is 0 Å². The molecular weight excluding hydrogens is 221 g/mol. The Hall–Kier alpha value is -1.82. The molecule has 2 aromatic rings. The van der Waals surface area contributed by atoms with Gasteiger partial charge in [-0.3, -0.25) is 0 Å². The zero-order valence-corrected chi connectivity index (χ0v) is 9.98. The molecule has 6 heteroatoms. The van der Waals surface area contributed by atoms with Gasteiger partial charge in [0.05, 0.1) is 11.7 Å². The van der Waals surface area contributed by atoms with Crippen LogP contribution < -0.4 is 5.32 Å². The zero-order valence-electron chi connectivity index (χ0n) is 9.98. The van der Waals surface area contributed by atoms with Crippen molar-refractivity contribution < 1.29 is 4.39 Å². The summed E-state index contributed by atoms with van der Waals surface area (Å²) in [4.78, 5) is 0. The summed E-state index contributed by atoms with van der Waals surface area (Å²) in [5.74, 6) is 0.462. The van der Waals surface area contributed by atoms with Crippen molar-refractivity contribution in [3.05, 3.63) is 35.4 Å². The van der Waals surface area contributed by atoms with E-state index in [0.717, 1.165) is 5.69 Å². The second-order valence-electron chi connectivity index (χ2n) is 3.89. The van der Waals surface area contributed by atoms with Gasteiger partial charge in [-0.25, -0.2) is 4.39 Å². The lowest BCUT2D eigenvalue weighted by atomic mass is 10.2. The van der Waals surface area contributed by atoms with Crippen molar-refractivity contribution in [2.45, 2.75) is 19.9 Å². The van der Waals surface area contributed by atoms with Crippen LogP contribution in [-0.2, 0) is 0 Å². The smallest absolute Gasteiger partial charge is 0.173 e. The van der Waals surface area contributed by atoms with Crippen molar-refractivity contribution in [3.8, 4) is 5.69 Å². The first kappa shape index (κ1) is 11.7. The van der Waals surface area contributed by atoms with Crippen LogP contribution in [0.1, 0.15) is 24.4 Å². The van der Waals surface area contributed by atoms with Crippen molar-refractivity contribution in [2.24, 2.45) is 0 Å². The minimum Gasteiger partial charge on any atom is -0.311 e. The molecule has 2 rings (SSSR count). The molecule has 90 valence electrons.